The third-order valence-electron chi connectivity index (χ3n) is 4.08. The van der Waals surface area contributed by atoms with E-state index < -0.39 is 0 Å². The first-order valence-electron chi connectivity index (χ1n) is 9.05. The number of pyridine rings is 1. The summed E-state index contributed by atoms with van der Waals surface area (Å²) in [6.07, 6.45) is 1.61. The molecule has 0 aliphatic rings. The summed E-state index contributed by atoms with van der Waals surface area (Å²) < 4.78 is 10.8. The Morgan fingerprint density at radius 1 is 1.07 bits per heavy atom. The molecule has 28 heavy (non-hydrogen) atoms. The Morgan fingerprint density at radius 2 is 1.86 bits per heavy atom. The van der Waals surface area contributed by atoms with Crippen molar-refractivity contribution in [2.24, 2.45) is 0 Å². The fourth-order valence-corrected chi connectivity index (χ4v) is 2.66. The van der Waals surface area contributed by atoms with Crippen molar-refractivity contribution in [3.8, 4) is 11.5 Å². The van der Waals surface area contributed by atoms with E-state index in [0.29, 0.717) is 24.5 Å². The lowest BCUT2D eigenvalue weighted by Gasteiger charge is -2.12. The molecule has 6 heteroatoms. The highest BCUT2D eigenvalue weighted by Crippen LogP contribution is 2.26. The van der Waals surface area contributed by atoms with Gasteiger partial charge in [0.25, 0.3) is 5.91 Å². The van der Waals surface area contributed by atoms with Crippen LogP contribution in [0.4, 0.5) is 11.5 Å². The van der Waals surface area contributed by atoms with Crippen molar-refractivity contribution >= 4 is 17.4 Å². The number of aromatic nitrogens is 1. The Kier molecular flexibility index (Phi) is 6.46. The summed E-state index contributed by atoms with van der Waals surface area (Å²) >= 11 is 0. The Morgan fingerprint density at radius 3 is 2.61 bits per heavy atom. The molecule has 0 aliphatic heterocycles. The van der Waals surface area contributed by atoms with Crippen LogP contribution in [0.5, 0.6) is 11.5 Å². The topological polar surface area (TPSA) is 72.5 Å². The van der Waals surface area contributed by atoms with E-state index >= 15 is 0 Å². The van der Waals surface area contributed by atoms with Crippen molar-refractivity contribution in [3.05, 3.63) is 78.0 Å². The molecule has 3 aromatic rings. The molecule has 0 unspecified atom stereocenters. The number of carbonyl (C=O) groups excluding carboxylic acids is 1. The lowest BCUT2D eigenvalue weighted by atomic mass is 10.2. The van der Waals surface area contributed by atoms with Gasteiger partial charge in [-0.25, -0.2) is 4.98 Å². The Balaban J connectivity index is 1.66. The molecule has 0 fully saturated rings. The molecule has 0 spiro atoms. The zero-order chi connectivity index (χ0) is 19.8. The maximum atomic E-state index is 12.5. The minimum Gasteiger partial charge on any atom is -0.497 e. The van der Waals surface area contributed by atoms with Crippen LogP contribution in [0.1, 0.15) is 22.8 Å². The summed E-state index contributed by atoms with van der Waals surface area (Å²) in [5.41, 5.74) is 2.32. The van der Waals surface area contributed by atoms with Crippen molar-refractivity contribution < 1.29 is 14.3 Å². The van der Waals surface area contributed by atoms with Crippen LogP contribution in [-0.4, -0.2) is 24.6 Å². The number of hydrogen-bond donors (Lipinski definition) is 2. The maximum absolute atomic E-state index is 12.5. The Hall–Kier alpha value is -3.54. The molecule has 2 aromatic carbocycles. The molecule has 2 N–H and O–H groups in total. The molecule has 1 aromatic heterocycles. The van der Waals surface area contributed by atoms with E-state index in [2.05, 4.69) is 15.6 Å². The smallest absolute Gasteiger partial charge is 0.251 e. The van der Waals surface area contributed by atoms with E-state index in [4.69, 9.17) is 9.47 Å². The Labute approximate surface area is 164 Å². The summed E-state index contributed by atoms with van der Waals surface area (Å²) in [6.45, 7) is 2.93. The highest BCUT2D eigenvalue weighted by atomic mass is 16.5. The minimum absolute atomic E-state index is 0.167. The first-order valence-corrected chi connectivity index (χ1v) is 9.05. The van der Waals surface area contributed by atoms with Gasteiger partial charge in [0.05, 0.1) is 19.4 Å². The fourth-order valence-electron chi connectivity index (χ4n) is 2.66. The van der Waals surface area contributed by atoms with Gasteiger partial charge in [-0.3, -0.25) is 4.79 Å². The molecular formula is C22H23N3O3. The maximum Gasteiger partial charge on any atom is 0.251 e. The fraction of sp³-hybridized carbons (Fsp3) is 0.182. The van der Waals surface area contributed by atoms with Crippen LogP contribution >= 0.6 is 0 Å². The molecule has 0 radical (unpaired) electrons. The van der Waals surface area contributed by atoms with Crippen molar-refractivity contribution in [1.29, 1.82) is 0 Å². The van der Waals surface area contributed by atoms with Gasteiger partial charge in [-0.1, -0.05) is 24.3 Å². The number of anilines is 2. The van der Waals surface area contributed by atoms with Crippen LogP contribution in [-0.2, 0) is 6.54 Å². The van der Waals surface area contributed by atoms with E-state index in [1.165, 1.54) is 0 Å². The molecule has 6 nitrogen and oxygen atoms in total. The van der Waals surface area contributed by atoms with Gasteiger partial charge in [-0.2, -0.15) is 0 Å². The molecule has 0 saturated heterocycles. The van der Waals surface area contributed by atoms with Crippen LogP contribution in [0.3, 0.4) is 0 Å². The summed E-state index contributed by atoms with van der Waals surface area (Å²) in [7, 11) is 1.62. The molecule has 0 saturated carbocycles. The van der Waals surface area contributed by atoms with Gasteiger partial charge >= 0.3 is 0 Å². The third-order valence-corrected chi connectivity index (χ3v) is 4.08. The van der Waals surface area contributed by atoms with Gasteiger partial charge < -0.3 is 20.1 Å². The number of para-hydroxylation sites is 2. The molecule has 3 rings (SSSR count). The molecule has 0 bridgehead atoms. The van der Waals surface area contributed by atoms with E-state index in [9.17, 15) is 4.79 Å². The van der Waals surface area contributed by atoms with E-state index in [1.54, 1.807) is 25.4 Å². The number of ether oxygens (including phenoxy) is 2. The van der Waals surface area contributed by atoms with E-state index in [1.807, 2.05) is 55.5 Å². The SMILES string of the molecule is CCOc1ccccc1Nc1cc(C(=O)NCc2ccc(OC)cc2)ccn1. The monoisotopic (exact) mass is 377 g/mol. The summed E-state index contributed by atoms with van der Waals surface area (Å²) in [4.78, 5) is 16.8. The predicted octanol–water partition coefficient (Wildman–Crippen LogP) is 4.16. The summed E-state index contributed by atoms with van der Waals surface area (Å²) in [5, 5.41) is 6.12. The minimum atomic E-state index is -0.167. The quantitative estimate of drug-likeness (QED) is 0.617. The number of benzene rings is 2. The first kappa shape index (κ1) is 19.2. The standard InChI is InChI=1S/C22H23N3O3/c1-3-28-20-7-5-4-6-19(20)25-21-14-17(12-13-23-21)22(26)24-15-16-8-10-18(27-2)11-9-16/h4-14H,3,15H2,1-2H3,(H,23,25)(H,24,26). The molecular weight excluding hydrogens is 354 g/mol. The number of hydrogen-bond acceptors (Lipinski definition) is 5. The lowest BCUT2D eigenvalue weighted by Crippen LogP contribution is -2.22. The molecule has 1 amide bonds. The number of nitrogens with one attached hydrogen (secondary N) is 2. The normalized spacial score (nSPS) is 10.2. The van der Waals surface area contributed by atoms with Crippen LogP contribution in [0, 0.1) is 0 Å². The predicted molar refractivity (Wildman–Crippen MR) is 109 cm³/mol. The second kappa shape index (κ2) is 9.41. The molecule has 0 aliphatic carbocycles. The first-order chi connectivity index (χ1) is 13.7. The van der Waals surface area contributed by atoms with Gasteiger partial charge in [0, 0.05) is 18.3 Å². The van der Waals surface area contributed by atoms with Crippen molar-refractivity contribution in [2.75, 3.05) is 19.0 Å². The van der Waals surface area contributed by atoms with Gasteiger partial charge in [0.15, 0.2) is 0 Å². The average Bonchev–Trinajstić information content (AvgIpc) is 2.74. The van der Waals surface area contributed by atoms with Gasteiger partial charge in [0.2, 0.25) is 0 Å². The number of nitrogens with zero attached hydrogens (tertiary/aromatic N) is 1. The number of carbonyl (C=O) groups is 1. The van der Waals surface area contributed by atoms with Gasteiger partial charge in [-0.15, -0.1) is 0 Å². The highest BCUT2D eigenvalue weighted by Gasteiger charge is 2.09. The van der Waals surface area contributed by atoms with Gasteiger partial charge in [-0.05, 0) is 48.9 Å². The second-order valence-corrected chi connectivity index (χ2v) is 6.01. The van der Waals surface area contributed by atoms with E-state index in [-0.39, 0.29) is 5.91 Å². The average molecular weight is 377 g/mol. The van der Waals surface area contributed by atoms with Crippen molar-refractivity contribution in [3.63, 3.8) is 0 Å². The number of methoxy groups -OCH3 is 1. The van der Waals surface area contributed by atoms with Crippen LogP contribution in [0.15, 0.2) is 66.9 Å². The molecule has 0 atom stereocenters. The molecule has 1 heterocycles. The highest BCUT2D eigenvalue weighted by molar-refractivity contribution is 5.94. The van der Waals surface area contributed by atoms with Crippen LogP contribution in [0.2, 0.25) is 0 Å². The number of rotatable bonds is 8. The zero-order valence-corrected chi connectivity index (χ0v) is 15.9. The lowest BCUT2D eigenvalue weighted by molar-refractivity contribution is 0.0951. The zero-order valence-electron chi connectivity index (χ0n) is 15.9. The number of amides is 1. The summed E-state index contributed by atoms with van der Waals surface area (Å²) in [5.74, 6) is 1.93. The van der Waals surface area contributed by atoms with E-state index in [0.717, 1.165) is 22.7 Å². The van der Waals surface area contributed by atoms with Crippen molar-refractivity contribution in [2.45, 2.75) is 13.5 Å². The van der Waals surface area contributed by atoms with Crippen molar-refractivity contribution in [1.82, 2.24) is 10.3 Å². The Bertz CT molecular complexity index is 926. The second-order valence-electron chi connectivity index (χ2n) is 6.01. The largest absolute Gasteiger partial charge is 0.497 e. The summed E-state index contributed by atoms with van der Waals surface area (Å²) in [6, 6.07) is 18.6. The van der Waals surface area contributed by atoms with Crippen LogP contribution in [0.25, 0.3) is 0 Å². The third kappa shape index (κ3) is 5.01. The van der Waals surface area contributed by atoms with Gasteiger partial charge in [0.1, 0.15) is 17.3 Å². The molecule has 144 valence electrons. The van der Waals surface area contributed by atoms with Crippen LogP contribution < -0.4 is 20.1 Å².